The van der Waals surface area contributed by atoms with Crippen LogP contribution < -0.4 is 0 Å². The van der Waals surface area contributed by atoms with E-state index in [1.807, 2.05) is 11.3 Å². The first-order chi connectivity index (χ1) is 17.6. The predicted molar refractivity (Wildman–Crippen MR) is 155 cm³/mol. The summed E-state index contributed by atoms with van der Waals surface area (Å²) in [6, 6.07) is 32.5. The van der Waals surface area contributed by atoms with Crippen molar-refractivity contribution >= 4 is 31.5 Å². The number of fused-ring (bicyclic) bond motifs is 3. The standard InChI is InChI=1S/C35H32S/c1-22-13-27(18-28(14-22)30-6-4-7-32-31-5-2-3-8-33(31)36-34(30)32)26-9-11-29(12-10-26)35-19-23-15-24(20-35)17-25(16-23)21-35/h2-14,18,23-25H,15-17,19-21H2,1H3. The second-order valence-electron chi connectivity index (χ2n) is 12.1. The molecule has 4 fully saturated rings. The molecule has 36 heavy (non-hydrogen) atoms. The van der Waals surface area contributed by atoms with Crippen molar-refractivity contribution in [3.05, 3.63) is 96.1 Å². The van der Waals surface area contributed by atoms with Gasteiger partial charge in [-0.25, -0.2) is 0 Å². The molecule has 9 rings (SSSR count). The summed E-state index contributed by atoms with van der Waals surface area (Å²) in [6.07, 6.45) is 8.84. The van der Waals surface area contributed by atoms with Crippen LogP contribution in [-0.4, -0.2) is 0 Å². The first-order valence-corrected chi connectivity index (χ1v) is 14.6. The first-order valence-electron chi connectivity index (χ1n) is 13.8. The molecule has 0 atom stereocenters. The van der Waals surface area contributed by atoms with Gasteiger partial charge in [0.05, 0.1) is 0 Å². The molecule has 178 valence electrons. The molecule has 4 aromatic carbocycles. The van der Waals surface area contributed by atoms with Gasteiger partial charge in [0.1, 0.15) is 0 Å². The van der Waals surface area contributed by atoms with Crippen LogP contribution in [0.4, 0.5) is 0 Å². The number of benzene rings is 4. The van der Waals surface area contributed by atoms with Crippen LogP contribution in [0.25, 0.3) is 42.4 Å². The second-order valence-corrected chi connectivity index (χ2v) is 13.2. The normalized spacial score (nSPS) is 26.8. The number of hydrogen-bond acceptors (Lipinski definition) is 1. The Hall–Kier alpha value is -2.90. The van der Waals surface area contributed by atoms with Gasteiger partial charge >= 0.3 is 0 Å². The maximum Gasteiger partial charge on any atom is 0.0433 e. The molecule has 0 saturated heterocycles. The quantitative estimate of drug-likeness (QED) is 0.239. The number of hydrogen-bond donors (Lipinski definition) is 0. The summed E-state index contributed by atoms with van der Waals surface area (Å²) >= 11 is 1.92. The Morgan fingerprint density at radius 2 is 1.31 bits per heavy atom. The second kappa shape index (κ2) is 7.80. The average Bonchev–Trinajstić information content (AvgIpc) is 3.27. The van der Waals surface area contributed by atoms with Crippen LogP contribution in [0, 0.1) is 24.7 Å². The van der Waals surface area contributed by atoms with E-state index in [9.17, 15) is 0 Å². The monoisotopic (exact) mass is 484 g/mol. The molecule has 4 bridgehead atoms. The highest BCUT2D eigenvalue weighted by atomic mass is 32.1. The highest BCUT2D eigenvalue weighted by Gasteiger charge is 2.51. The number of aryl methyl sites for hydroxylation is 1. The van der Waals surface area contributed by atoms with Crippen molar-refractivity contribution in [2.24, 2.45) is 17.8 Å². The highest BCUT2D eigenvalue weighted by Crippen LogP contribution is 2.60. The summed E-state index contributed by atoms with van der Waals surface area (Å²) in [7, 11) is 0. The maximum atomic E-state index is 2.48. The Morgan fingerprint density at radius 1 is 0.639 bits per heavy atom. The van der Waals surface area contributed by atoms with E-state index in [4.69, 9.17) is 0 Å². The van der Waals surface area contributed by atoms with E-state index in [0.717, 1.165) is 17.8 Å². The summed E-state index contributed by atoms with van der Waals surface area (Å²) < 4.78 is 2.76. The van der Waals surface area contributed by atoms with E-state index in [0.29, 0.717) is 5.41 Å². The molecule has 1 aromatic heterocycles. The third-order valence-electron chi connectivity index (χ3n) is 9.66. The molecule has 4 saturated carbocycles. The van der Waals surface area contributed by atoms with Crippen molar-refractivity contribution in [1.82, 2.24) is 0 Å². The smallest absolute Gasteiger partial charge is 0.0433 e. The molecule has 0 unspecified atom stereocenters. The van der Waals surface area contributed by atoms with Crippen LogP contribution in [0.1, 0.15) is 49.7 Å². The van der Waals surface area contributed by atoms with Crippen LogP contribution in [-0.2, 0) is 5.41 Å². The van der Waals surface area contributed by atoms with Crippen LogP contribution in [0.3, 0.4) is 0 Å². The zero-order chi connectivity index (χ0) is 23.9. The van der Waals surface area contributed by atoms with E-state index >= 15 is 0 Å². The number of thiophene rings is 1. The lowest BCUT2D eigenvalue weighted by Crippen LogP contribution is -2.48. The van der Waals surface area contributed by atoms with Crippen LogP contribution in [0.5, 0.6) is 0 Å². The zero-order valence-corrected chi connectivity index (χ0v) is 21.8. The summed E-state index contributed by atoms with van der Waals surface area (Å²) in [5.74, 6) is 2.98. The molecule has 5 aromatic rings. The van der Waals surface area contributed by atoms with Crippen LogP contribution >= 0.6 is 11.3 Å². The van der Waals surface area contributed by atoms with E-state index in [1.54, 1.807) is 5.56 Å². The predicted octanol–water partition coefficient (Wildman–Crippen LogP) is 10.2. The summed E-state index contributed by atoms with van der Waals surface area (Å²) in [5.41, 5.74) is 8.77. The molecule has 4 aliphatic carbocycles. The molecule has 0 spiro atoms. The Labute approximate surface area is 218 Å². The molecule has 0 aliphatic heterocycles. The van der Waals surface area contributed by atoms with Gasteiger partial charge < -0.3 is 0 Å². The molecular weight excluding hydrogens is 452 g/mol. The van der Waals surface area contributed by atoms with Gasteiger partial charge in [-0.2, -0.15) is 0 Å². The summed E-state index contributed by atoms with van der Waals surface area (Å²) in [4.78, 5) is 0. The van der Waals surface area contributed by atoms with Crippen LogP contribution in [0.15, 0.2) is 84.9 Å². The molecule has 1 heteroatoms. The van der Waals surface area contributed by atoms with Gasteiger partial charge in [-0.1, -0.05) is 72.8 Å². The lowest BCUT2D eigenvalue weighted by Gasteiger charge is -2.57. The Bertz CT molecular complexity index is 1580. The van der Waals surface area contributed by atoms with Gasteiger partial charge in [-0.05, 0) is 114 Å². The van der Waals surface area contributed by atoms with Gasteiger partial charge in [0, 0.05) is 20.2 Å². The lowest BCUT2D eigenvalue weighted by atomic mass is 9.48. The van der Waals surface area contributed by atoms with Crippen molar-refractivity contribution < 1.29 is 0 Å². The minimum atomic E-state index is 0.474. The van der Waals surface area contributed by atoms with E-state index in [-0.39, 0.29) is 0 Å². The van der Waals surface area contributed by atoms with E-state index in [1.165, 1.54) is 86.5 Å². The summed E-state index contributed by atoms with van der Waals surface area (Å²) in [6.45, 7) is 2.24. The molecule has 0 radical (unpaired) electrons. The van der Waals surface area contributed by atoms with Crippen molar-refractivity contribution in [2.45, 2.75) is 50.9 Å². The summed E-state index contributed by atoms with van der Waals surface area (Å²) in [5, 5.41) is 2.74. The Kier molecular flexibility index (Phi) is 4.59. The van der Waals surface area contributed by atoms with Gasteiger partial charge in [-0.15, -0.1) is 11.3 Å². The SMILES string of the molecule is Cc1cc(-c2ccc(C34CC5CC(CC(C5)C3)C4)cc2)cc(-c2cccc3c2sc2ccccc23)c1. The van der Waals surface area contributed by atoms with Crippen molar-refractivity contribution in [2.75, 3.05) is 0 Å². The van der Waals surface area contributed by atoms with E-state index < -0.39 is 0 Å². The fourth-order valence-corrected chi connectivity index (χ4v) is 9.80. The first kappa shape index (κ1) is 21.2. The largest absolute Gasteiger partial charge is 0.135 e. The van der Waals surface area contributed by atoms with E-state index in [2.05, 4.69) is 91.9 Å². The Morgan fingerprint density at radius 3 is 2.06 bits per heavy atom. The third-order valence-corrected chi connectivity index (χ3v) is 10.9. The number of rotatable bonds is 3. The third kappa shape index (κ3) is 3.25. The molecule has 4 aliphatic rings. The molecule has 1 heterocycles. The topological polar surface area (TPSA) is 0 Å². The minimum Gasteiger partial charge on any atom is -0.135 e. The molecule has 0 nitrogen and oxygen atoms in total. The zero-order valence-electron chi connectivity index (χ0n) is 21.0. The molecule has 0 N–H and O–H groups in total. The van der Waals surface area contributed by atoms with Crippen molar-refractivity contribution in [3.63, 3.8) is 0 Å². The van der Waals surface area contributed by atoms with Gasteiger partial charge in [0.25, 0.3) is 0 Å². The van der Waals surface area contributed by atoms with Gasteiger partial charge in [0.2, 0.25) is 0 Å². The van der Waals surface area contributed by atoms with Crippen molar-refractivity contribution in [3.8, 4) is 22.3 Å². The van der Waals surface area contributed by atoms with Gasteiger partial charge in [0.15, 0.2) is 0 Å². The highest BCUT2D eigenvalue weighted by molar-refractivity contribution is 7.26. The fraction of sp³-hybridized carbons (Fsp3) is 0.314. The maximum absolute atomic E-state index is 2.48. The Balaban J connectivity index is 1.18. The molecular formula is C35H32S. The minimum absolute atomic E-state index is 0.474. The van der Waals surface area contributed by atoms with Gasteiger partial charge in [-0.3, -0.25) is 0 Å². The van der Waals surface area contributed by atoms with Crippen LogP contribution in [0.2, 0.25) is 0 Å². The lowest BCUT2D eigenvalue weighted by molar-refractivity contribution is -0.00518. The molecule has 0 amide bonds. The fourth-order valence-electron chi connectivity index (χ4n) is 8.56. The van der Waals surface area contributed by atoms with Crippen molar-refractivity contribution in [1.29, 1.82) is 0 Å². The average molecular weight is 485 g/mol.